The van der Waals surface area contributed by atoms with Crippen LogP contribution in [0, 0.1) is 12.8 Å². The van der Waals surface area contributed by atoms with Crippen LogP contribution in [0.2, 0.25) is 0 Å². The fourth-order valence-corrected chi connectivity index (χ4v) is 3.21. The van der Waals surface area contributed by atoms with E-state index in [2.05, 4.69) is 15.4 Å². The third-order valence-corrected chi connectivity index (χ3v) is 4.71. The second-order valence-corrected chi connectivity index (χ2v) is 6.73. The van der Waals surface area contributed by atoms with Crippen LogP contribution in [0.1, 0.15) is 35.2 Å². The molecule has 2 aromatic rings. The molecule has 1 aliphatic heterocycles. The van der Waals surface area contributed by atoms with Crippen molar-refractivity contribution in [3.63, 3.8) is 0 Å². The molecule has 7 nitrogen and oxygen atoms in total. The van der Waals surface area contributed by atoms with Gasteiger partial charge in [0.2, 0.25) is 5.91 Å². The van der Waals surface area contributed by atoms with E-state index in [1.807, 2.05) is 28.9 Å². The van der Waals surface area contributed by atoms with E-state index in [4.69, 9.17) is 0 Å². The Morgan fingerprint density at radius 3 is 2.62 bits per heavy atom. The number of likely N-dealkylation sites (tertiary alicyclic amines) is 1. The molecule has 0 bridgehead atoms. The Bertz CT molecular complexity index is 735. The van der Waals surface area contributed by atoms with Crippen molar-refractivity contribution < 1.29 is 9.59 Å². The first kappa shape index (κ1) is 18.1. The molecule has 3 heterocycles. The zero-order valence-corrected chi connectivity index (χ0v) is 15.1. The average Bonchev–Trinajstić information content (AvgIpc) is 3.10. The summed E-state index contributed by atoms with van der Waals surface area (Å²) in [6.07, 6.45) is 9.35. The lowest BCUT2D eigenvalue weighted by Gasteiger charge is -2.31. The summed E-state index contributed by atoms with van der Waals surface area (Å²) in [4.78, 5) is 30.5. The van der Waals surface area contributed by atoms with Gasteiger partial charge >= 0.3 is 0 Å². The highest BCUT2D eigenvalue weighted by Gasteiger charge is 2.27. The van der Waals surface area contributed by atoms with Gasteiger partial charge in [-0.05, 0) is 43.9 Å². The minimum absolute atomic E-state index is 0.0107. The fraction of sp³-hybridized carbons (Fsp3) is 0.474. The average molecular weight is 355 g/mol. The van der Waals surface area contributed by atoms with Crippen LogP contribution in [0.5, 0.6) is 0 Å². The minimum Gasteiger partial charge on any atom is -0.356 e. The number of amides is 2. The molecule has 1 fully saturated rings. The maximum Gasteiger partial charge on any atom is 0.253 e. The van der Waals surface area contributed by atoms with E-state index in [0.29, 0.717) is 38.0 Å². The number of nitrogens with zero attached hydrogens (tertiary/aromatic N) is 4. The standard InChI is InChI=1S/C19H25N5O2/c1-15-13-22-24(14-15)10-2-7-21-18(25)16-5-11-23(12-6-16)19(26)17-3-8-20-9-4-17/h3-4,8-9,13-14,16H,2,5-7,10-12H2,1H3,(H,21,25). The predicted octanol–water partition coefficient (Wildman–Crippen LogP) is 1.65. The van der Waals surface area contributed by atoms with Gasteiger partial charge in [0.25, 0.3) is 5.91 Å². The second kappa shape index (κ2) is 8.60. The third kappa shape index (κ3) is 4.68. The molecule has 1 saturated heterocycles. The lowest BCUT2D eigenvalue weighted by atomic mass is 9.95. The number of rotatable bonds is 6. The summed E-state index contributed by atoms with van der Waals surface area (Å²) < 4.78 is 1.89. The van der Waals surface area contributed by atoms with Gasteiger partial charge < -0.3 is 10.2 Å². The van der Waals surface area contributed by atoms with Gasteiger partial charge in [-0.1, -0.05) is 0 Å². The zero-order chi connectivity index (χ0) is 18.4. The van der Waals surface area contributed by atoms with Crippen LogP contribution in [0.25, 0.3) is 0 Å². The van der Waals surface area contributed by atoms with Gasteiger partial charge in [-0.3, -0.25) is 19.3 Å². The highest BCUT2D eigenvalue weighted by molar-refractivity contribution is 5.94. The van der Waals surface area contributed by atoms with Crippen LogP contribution < -0.4 is 5.32 Å². The molecule has 26 heavy (non-hydrogen) atoms. The summed E-state index contributed by atoms with van der Waals surface area (Å²) in [7, 11) is 0. The number of aryl methyl sites for hydroxylation is 2. The summed E-state index contributed by atoms with van der Waals surface area (Å²) in [5.41, 5.74) is 1.79. The van der Waals surface area contributed by atoms with Gasteiger partial charge in [-0.25, -0.2) is 0 Å². The van der Waals surface area contributed by atoms with E-state index in [9.17, 15) is 9.59 Å². The van der Waals surface area contributed by atoms with Crippen molar-refractivity contribution in [1.29, 1.82) is 0 Å². The number of carbonyl (C=O) groups excluding carboxylic acids is 2. The molecule has 1 aliphatic rings. The molecule has 0 radical (unpaired) electrons. The Kier molecular flexibility index (Phi) is 5.99. The van der Waals surface area contributed by atoms with Crippen molar-refractivity contribution in [1.82, 2.24) is 25.0 Å². The Balaban J connectivity index is 1.37. The second-order valence-electron chi connectivity index (χ2n) is 6.73. The molecule has 2 amide bonds. The predicted molar refractivity (Wildman–Crippen MR) is 97.5 cm³/mol. The van der Waals surface area contributed by atoms with Crippen molar-refractivity contribution in [3.05, 3.63) is 48.0 Å². The largest absolute Gasteiger partial charge is 0.356 e. The number of nitrogens with one attached hydrogen (secondary N) is 1. The summed E-state index contributed by atoms with van der Waals surface area (Å²) in [6.45, 7) is 4.69. The van der Waals surface area contributed by atoms with E-state index in [-0.39, 0.29) is 17.7 Å². The van der Waals surface area contributed by atoms with E-state index in [1.54, 1.807) is 24.5 Å². The van der Waals surface area contributed by atoms with Crippen LogP contribution in [0.4, 0.5) is 0 Å². The van der Waals surface area contributed by atoms with E-state index >= 15 is 0 Å². The molecule has 0 atom stereocenters. The molecule has 138 valence electrons. The van der Waals surface area contributed by atoms with Crippen LogP contribution in [0.15, 0.2) is 36.9 Å². The number of hydrogen-bond acceptors (Lipinski definition) is 4. The highest BCUT2D eigenvalue weighted by Crippen LogP contribution is 2.19. The normalized spacial score (nSPS) is 15.0. The van der Waals surface area contributed by atoms with E-state index in [0.717, 1.165) is 18.5 Å². The lowest BCUT2D eigenvalue weighted by Crippen LogP contribution is -2.43. The molecule has 3 rings (SSSR count). The van der Waals surface area contributed by atoms with Crippen molar-refractivity contribution in [2.24, 2.45) is 5.92 Å². The van der Waals surface area contributed by atoms with Gasteiger partial charge in [-0.2, -0.15) is 5.10 Å². The molecular weight excluding hydrogens is 330 g/mol. The van der Waals surface area contributed by atoms with Gasteiger partial charge in [0, 0.05) is 56.3 Å². The first-order valence-corrected chi connectivity index (χ1v) is 9.09. The molecule has 7 heteroatoms. The van der Waals surface area contributed by atoms with Crippen molar-refractivity contribution in [2.45, 2.75) is 32.7 Å². The molecule has 0 aromatic carbocycles. The van der Waals surface area contributed by atoms with Gasteiger partial charge in [0.05, 0.1) is 6.20 Å². The van der Waals surface area contributed by atoms with Gasteiger partial charge in [0.15, 0.2) is 0 Å². The van der Waals surface area contributed by atoms with E-state index < -0.39 is 0 Å². The molecule has 1 N–H and O–H groups in total. The summed E-state index contributed by atoms with van der Waals surface area (Å²) >= 11 is 0. The Hall–Kier alpha value is -2.70. The number of piperidine rings is 1. The maximum absolute atomic E-state index is 12.4. The van der Waals surface area contributed by atoms with E-state index in [1.165, 1.54) is 0 Å². The Morgan fingerprint density at radius 2 is 1.96 bits per heavy atom. The first-order valence-electron chi connectivity index (χ1n) is 9.09. The van der Waals surface area contributed by atoms with Crippen molar-refractivity contribution in [3.8, 4) is 0 Å². The Labute approximate surface area is 153 Å². The molecule has 0 spiro atoms. The molecule has 2 aromatic heterocycles. The monoisotopic (exact) mass is 355 g/mol. The number of hydrogen-bond donors (Lipinski definition) is 1. The van der Waals surface area contributed by atoms with Gasteiger partial charge in [0.1, 0.15) is 0 Å². The van der Waals surface area contributed by atoms with Crippen LogP contribution in [-0.4, -0.2) is 51.1 Å². The van der Waals surface area contributed by atoms with Crippen molar-refractivity contribution >= 4 is 11.8 Å². The Morgan fingerprint density at radius 1 is 1.23 bits per heavy atom. The van der Waals surface area contributed by atoms with Crippen molar-refractivity contribution in [2.75, 3.05) is 19.6 Å². The summed E-state index contributed by atoms with van der Waals surface area (Å²) in [5, 5.41) is 7.25. The quantitative estimate of drug-likeness (QED) is 0.799. The van der Waals surface area contributed by atoms with Crippen LogP contribution >= 0.6 is 0 Å². The number of carbonyl (C=O) groups is 2. The zero-order valence-electron chi connectivity index (χ0n) is 15.1. The smallest absolute Gasteiger partial charge is 0.253 e. The molecule has 0 aliphatic carbocycles. The highest BCUT2D eigenvalue weighted by atomic mass is 16.2. The number of aromatic nitrogens is 3. The SMILES string of the molecule is Cc1cnn(CCCNC(=O)C2CCN(C(=O)c3ccncc3)CC2)c1. The maximum atomic E-state index is 12.4. The summed E-state index contributed by atoms with van der Waals surface area (Å²) in [6, 6.07) is 3.45. The topological polar surface area (TPSA) is 80.1 Å². The molecule has 0 unspecified atom stereocenters. The molecule has 0 saturated carbocycles. The van der Waals surface area contributed by atoms with Gasteiger partial charge in [-0.15, -0.1) is 0 Å². The lowest BCUT2D eigenvalue weighted by molar-refractivity contribution is -0.126. The minimum atomic E-state index is -0.0107. The van der Waals surface area contributed by atoms with Crippen LogP contribution in [-0.2, 0) is 11.3 Å². The molecular formula is C19H25N5O2. The third-order valence-electron chi connectivity index (χ3n) is 4.71. The fourth-order valence-electron chi connectivity index (χ4n) is 3.21. The first-order chi connectivity index (χ1) is 12.6. The summed E-state index contributed by atoms with van der Waals surface area (Å²) in [5.74, 6) is 0.0990. The van der Waals surface area contributed by atoms with Crippen LogP contribution in [0.3, 0.4) is 0 Å². The number of pyridine rings is 1.